The largest absolute Gasteiger partial charge is 0.494 e. The Hall–Kier alpha value is -2.81. The quantitative estimate of drug-likeness (QED) is 0.343. The summed E-state index contributed by atoms with van der Waals surface area (Å²) in [6.07, 6.45) is 3.94. The standard InChI is InChI=1S/C27H31FO2/c1-4-19-29-23-15-13-22(14-16-23)27(2,3)18-8-9-21-12-17-25(28)26(20-21)30-24-10-6-5-7-11-24/h5-7,10-17,20H,4,8-9,18-19H2,1-3H3. The van der Waals surface area contributed by atoms with Gasteiger partial charge in [0, 0.05) is 0 Å². The second kappa shape index (κ2) is 10.3. The zero-order valence-corrected chi connectivity index (χ0v) is 18.2. The number of rotatable bonds is 10. The Balaban J connectivity index is 1.58. The predicted octanol–water partition coefficient (Wildman–Crippen LogP) is 7.71. The highest BCUT2D eigenvalue weighted by Gasteiger charge is 2.20. The Kier molecular flexibility index (Phi) is 7.51. The van der Waals surface area contributed by atoms with E-state index < -0.39 is 0 Å². The van der Waals surface area contributed by atoms with E-state index in [1.54, 1.807) is 0 Å². The van der Waals surface area contributed by atoms with E-state index in [-0.39, 0.29) is 17.0 Å². The van der Waals surface area contributed by atoms with Crippen LogP contribution in [-0.2, 0) is 11.8 Å². The van der Waals surface area contributed by atoms with Crippen molar-refractivity contribution in [2.45, 2.75) is 51.9 Å². The van der Waals surface area contributed by atoms with Gasteiger partial charge in [-0.05, 0) is 78.6 Å². The molecule has 0 aliphatic rings. The fraction of sp³-hybridized carbons (Fsp3) is 0.333. The van der Waals surface area contributed by atoms with Gasteiger partial charge < -0.3 is 9.47 Å². The van der Waals surface area contributed by atoms with Crippen molar-refractivity contribution in [3.8, 4) is 17.2 Å². The maximum absolute atomic E-state index is 14.2. The van der Waals surface area contributed by atoms with Crippen LogP contribution >= 0.6 is 0 Å². The summed E-state index contributed by atoms with van der Waals surface area (Å²) in [5.41, 5.74) is 2.45. The van der Waals surface area contributed by atoms with Crippen LogP contribution in [0.25, 0.3) is 0 Å². The summed E-state index contributed by atoms with van der Waals surface area (Å²) in [5.74, 6) is 1.50. The number of para-hydroxylation sites is 1. The van der Waals surface area contributed by atoms with Gasteiger partial charge in [-0.3, -0.25) is 0 Å². The number of aryl methyl sites for hydroxylation is 1. The van der Waals surface area contributed by atoms with Gasteiger partial charge >= 0.3 is 0 Å². The normalized spacial score (nSPS) is 11.3. The van der Waals surface area contributed by atoms with Crippen molar-refractivity contribution in [1.82, 2.24) is 0 Å². The Morgan fingerprint density at radius 2 is 1.60 bits per heavy atom. The van der Waals surface area contributed by atoms with Crippen LogP contribution in [0.2, 0.25) is 0 Å². The molecule has 158 valence electrons. The molecule has 2 nitrogen and oxygen atoms in total. The highest BCUT2D eigenvalue weighted by atomic mass is 19.1. The lowest BCUT2D eigenvalue weighted by atomic mass is 9.80. The molecule has 0 saturated carbocycles. The van der Waals surface area contributed by atoms with Gasteiger partial charge in [-0.25, -0.2) is 4.39 Å². The third kappa shape index (κ3) is 6.09. The first-order valence-corrected chi connectivity index (χ1v) is 10.7. The number of ether oxygens (including phenoxy) is 2. The summed E-state index contributed by atoms with van der Waals surface area (Å²) in [7, 11) is 0. The van der Waals surface area contributed by atoms with Gasteiger partial charge in [0.05, 0.1) is 6.61 Å². The maximum Gasteiger partial charge on any atom is 0.165 e. The van der Waals surface area contributed by atoms with E-state index in [0.29, 0.717) is 5.75 Å². The Morgan fingerprint density at radius 1 is 0.867 bits per heavy atom. The number of hydrogen-bond acceptors (Lipinski definition) is 2. The van der Waals surface area contributed by atoms with E-state index in [2.05, 4.69) is 45.0 Å². The topological polar surface area (TPSA) is 18.5 Å². The molecule has 0 spiro atoms. The molecule has 0 N–H and O–H groups in total. The number of hydrogen-bond donors (Lipinski definition) is 0. The Morgan fingerprint density at radius 3 is 2.30 bits per heavy atom. The second-order valence-electron chi connectivity index (χ2n) is 8.29. The monoisotopic (exact) mass is 406 g/mol. The molecule has 3 aromatic rings. The molecule has 0 aliphatic carbocycles. The molecule has 0 atom stereocenters. The summed E-state index contributed by atoms with van der Waals surface area (Å²) >= 11 is 0. The molecule has 3 rings (SSSR count). The van der Waals surface area contributed by atoms with E-state index in [1.165, 1.54) is 11.6 Å². The van der Waals surface area contributed by atoms with Crippen molar-refractivity contribution < 1.29 is 13.9 Å². The zero-order valence-electron chi connectivity index (χ0n) is 18.2. The van der Waals surface area contributed by atoms with E-state index >= 15 is 0 Å². The molecule has 3 aromatic carbocycles. The SMILES string of the molecule is CCCOc1ccc(C(C)(C)CCCc2ccc(F)c(Oc3ccccc3)c2)cc1. The highest BCUT2D eigenvalue weighted by Crippen LogP contribution is 2.31. The fourth-order valence-electron chi connectivity index (χ4n) is 3.50. The average molecular weight is 407 g/mol. The van der Waals surface area contributed by atoms with Gasteiger partial charge in [0.1, 0.15) is 11.5 Å². The first kappa shape index (κ1) is 21.9. The summed E-state index contributed by atoms with van der Waals surface area (Å²) in [5, 5.41) is 0. The highest BCUT2D eigenvalue weighted by molar-refractivity contribution is 5.35. The minimum Gasteiger partial charge on any atom is -0.494 e. The van der Waals surface area contributed by atoms with Crippen LogP contribution in [0.3, 0.4) is 0 Å². The molecule has 30 heavy (non-hydrogen) atoms. The molecule has 0 aliphatic heterocycles. The van der Waals surface area contributed by atoms with Gasteiger partial charge in [-0.2, -0.15) is 0 Å². The molecule has 0 saturated heterocycles. The van der Waals surface area contributed by atoms with Crippen molar-refractivity contribution >= 4 is 0 Å². The second-order valence-corrected chi connectivity index (χ2v) is 8.29. The molecule has 3 heteroatoms. The summed E-state index contributed by atoms with van der Waals surface area (Å²) < 4.78 is 25.6. The van der Waals surface area contributed by atoms with Gasteiger partial charge in [0.2, 0.25) is 0 Å². The van der Waals surface area contributed by atoms with Crippen molar-refractivity contribution in [3.05, 3.63) is 89.7 Å². The van der Waals surface area contributed by atoms with Crippen LogP contribution in [0.15, 0.2) is 72.8 Å². The molecule has 0 amide bonds. The lowest BCUT2D eigenvalue weighted by Gasteiger charge is -2.25. The van der Waals surface area contributed by atoms with E-state index in [9.17, 15) is 4.39 Å². The van der Waals surface area contributed by atoms with Gasteiger partial charge in [-0.15, -0.1) is 0 Å². The lowest BCUT2D eigenvalue weighted by molar-refractivity contribution is 0.317. The minimum atomic E-state index is -0.340. The molecule has 0 bridgehead atoms. The minimum absolute atomic E-state index is 0.0622. The van der Waals surface area contributed by atoms with Gasteiger partial charge in [-0.1, -0.05) is 57.2 Å². The first-order chi connectivity index (χ1) is 14.5. The van der Waals surface area contributed by atoms with Crippen LogP contribution in [0.5, 0.6) is 17.2 Å². The molecule has 0 radical (unpaired) electrons. The zero-order chi connectivity index (χ0) is 21.4. The first-order valence-electron chi connectivity index (χ1n) is 10.7. The van der Waals surface area contributed by atoms with Crippen LogP contribution < -0.4 is 9.47 Å². The van der Waals surface area contributed by atoms with Crippen LogP contribution in [0, 0.1) is 5.82 Å². The molecule has 0 fully saturated rings. The van der Waals surface area contributed by atoms with Gasteiger partial charge in [0.15, 0.2) is 11.6 Å². The van der Waals surface area contributed by atoms with Crippen molar-refractivity contribution in [3.63, 3.8) is 0 Å². The summed E-state index contributed by atoms with van der Waals surface area (Å²) in [6, 6.07) is 22.9. The third-order valence-electron chi connectivity index (χ3n) is 5.34. The summed E-state index contributed by atoms with van der Waals surface area (Å²) in [4.78, 5) is 0. The molecular weight excluding hydrogens is 375 g/mol. The van der Waals surface area contributed by atoms with Crippen LogP contribution in [0.4, 0.5) is 4.39 Å². The number of halogens is 1. The Labute approximate surface area is 179 Å². The third-order valence-corrected chi connectivity index (χ3v) is 5.34. The fourth-order valence-corrected chi connectivity index (χ4v) is 3.50. The van der Waals surface area contributed by atoms with E-state index in [0.717, 1.165) is 43.6 Å². The smallest absolute Gasteiger partial charge is 0.165 e. The molecule has 0 heterocycles. The van der Waals surface area contributed by atoms with Crippen molar-refractivity contribution in [1.29, 1.82) is 0 Å². The van der Waals surface area contributed by atoms with Crippen LogP contribution in [-0.4, -0.2) is 6.61 Å². The number of benzene rings is 3. The lowest BCUT2D eigenvalue weighted by Crippen LogP contribution is -2.17. The van der Waals surface area contributed by atoms with E-state index in [4.69, 9.17) is 9.47 Å². The molecular formula is C27H31FO2. The maximum atomic E-state index is 14.2. The average Bonchev–Trinajstić information content (AvgIpc) is 2.75. The molecule has 0 unspecified atom stereocenters. The van der Waals surface area contributed by atoms with Crippen LogP contribution in [0.1, 0.15) is 51.2 Å². The molecule has 0 aromatic heterocycles. The van der Waals surface area contributed by atoms with Gasteiger partial charge in [0.25, 0.3) is 0 Å². The van der Waals surface area contributed by atoms with Crippen molar-refractivity contribution in [2.24, 2.45) is 0 Å². The Bertz CT molecular complexity index is 917. The van der Waals surface area contributed by atoms with E-state index in [1.807, 2.05) is 42.5 Å². The summed E-state index contributed by atoms with van der Waals surface area (Å²) in [6.45, 7) is 7.39. The predicted molar refractivity (Wildman–Crippen MR) is 121 cm³/mol. The van der Waals surface area contributed by atoms with Crippen molar-refractivity contribution in [2.75, 3.05) is 6.61 Å².